The second-order valence-electron chi connectivity index (χ2n) is 19.4. The second-order valence-corrected chi connectivity index (χ2v) is 20.5. The van der Waals surface area contributed by atoms with Crippen LogP contribution in [0.1, 0.15) is 56.3 Å². The van der Waals surface area contributed by atoms with Crippen LogP contribution in [-0.2, 0) is 35.8 Å². The summed E-state index contributed by atoms with van der Waals surface area (Å²) < 4.78 is 34.2. The van der Waals surface area contributed by atoms with Gasteiger partial charge in [0.15, 0.2) is 6.23 Å². The van der Waals surface area contributed by atoms with E-state index in [1.807, 2.05) is 168 Å². The summed E-state index contributed by atoms with van der Waals surface area (Å²) in [5.41, 5.74) is 5.51. The Balaban J connectivity index is 1.16. The van der Waals surface area contributed by atoms with Crippen LogP contribution in [0.3, 0.4) is 0 Å². The molecule has 0 aliphatic carbocycles. The molecule has 6 nitrogen and oxygen atoms in total. The van der Waals surface area contributed by atoms with E-state index in [1.165, 1.54) is 0 Å². The van der Waals surface area contributed by atoms with Crippen molar-refractivity contribution in [3.05, 3.63) is 351 Å². The van der Waals surface area contributed by atoms with Gasteiger partial charge < -0.3 is 18.9 Å². The van der Waals surface area contributed by atoms with Gasteiger partial charge >= 0.3 is 0 Å². The van der Waals surface area contributed by atoms with Crippen LogP contribution in [0.5, 0.6) is 0 Å². The molecule has 0 N–H and O–H groups in total. The number of rotatable bonds is 17. The molecule has 0 amide bonds. The first-order valence-electron chi connectivity index (χ1n) is 26.1. The molecule has 2 heterocycles. The van der Waals surface area contributed by atoms with E-state index in [-0.39, 0.29) is 11.9 Å². The molecule has 1 aromatic heterocycles. The first-order chi connectivity index (χ1) is 38.4. The number of nitrogens with zero attached hydrogens (tertiary/aromatic N) is 2. The Bertz CT molecular complexity index is 3420. The Morgan fingerprint density at radius 2 is 0.654 bits per heavy atom. The van der Waals surface area contributed by atoms with E-state index in [0.717, 1.165) is 50.1 Å². The fraction of sp³-hybridized carbons (Fsp3) is 0.116. The minimum atomic E-state index is -1.30. The summed E-state index contributed by atoms with van der Waals surface area (Å²) in [6, 6.07) is 96.6. The van der Waals surface area contributed by atoms with E-state index < -0.39 is 41.3 Å². The molecule has 12 rings (SSSR count). The van der Waals surface area contributed by atoms with Gasteiger partial charge in [0.05, 0.1) is 27.7 Å². The van der Waals surface area contributed by atoms with Crippen LogP contribution in [0.15, 0.2) is 285 Å². The zero-order valence-corrected chi connectivity index (χ0v) is 44.6. The minimum absolute atomic E-state index is 0.0139. The van der Waals surface area contributed by atoms with Crippen molar-refractivity contribution in [3.8, 4) is 0 Å². The van der Waals surface area contributed by atoms with E-state index in [9.17, 15) is 0 Å². The van der Waals surface area contributed by atoms with Crippen molar-refractivity contribution in [2.75, 3.05) is 6.61 Å². The smallest absolute Gasteiger partial charge is 0.206 e. The molecule has 0 spiro atoms. The third-order valence-electron chi connectivity index (χ3n) is 14.9. The molecule has 78 heavy (non-hydrogen) atoms. The molecule has 4 atom stereocenters. The van der Waals surface area contributed by atoms with Crippen LogP contribution in [0.2, 0.25) is 15.3 Å². The highest BCUT2D eigenvalue weighted by Crippen LogP contribution is 2.52. The Kier molecular flexibility index (Phi) is 14.7. The predicted molar refractivity (Wildman–Crippen MR) is 312 cm³/mol. The van der Waals surface area contributed by atoms with Gasteiger partial charge in [-0.2, -0.15) is 0 Å². The molecule has 1 fully saturated rings. The molecule has 0 bridgehead atoms. The average molecular weight is 1080 g/mol. The minimum Gasteiger partial charge on any atom is -0.358 e. The second kappa shape index (κ2) is 22.4. The highest BCUT2D eigenvalue weighted by Gasteiger charge is 2.57. The van der Waals surface area contributed by atoms with Gasteiger partial charge in [0.25, 0.3) is 0 Å². The third-order valence-corrected chi connectivity index (χ3v) is 15.9. The van der Waals surface area contributed by atoms with Crippen LogP contribution in [-0.4, -0.2) is 34.5 Å². The maximum absolute atomic E-state index is 8.39. The maximum Gasteiger partial charge on any atom is 0.206 e. The predicted octanol–water partition coefficient (Wildman–Crippen LogP) is 16.7. The molecule has 1 aliphatic rings. The Morgan fingerprint density at radius 3 is 0.974 bits per heavy atom. The largest absolute Gasteiger partial charge is 0.358 e. The van der Waals surface area contributed by atoms with Gasteiger partial charge in [-0.1, -0.05) is 296 Å². The van der Waals surface area contributed by atoms with Gasteiger partial charge in [-0.25, -0.2) is 4.98 Å². The molecule has 11 aromatic rings. The quantitative estimate of drug-likeness (QED) is 0.0851. The molecule has 1 saturated heterocycles. The standard InChI is InChI=1S/C69H53Cl3N2O4/c70-58-46-60-61(47-59(58)71)74(66(72)73-60)65-64(78-69(55-40-22-7-23-41-55,56-42-24-8-25-43-56)57-44-26-9-27-45-57)63(77-68(52-34-16-4-17-35-52,53-36-18-5-19-37-53)54-38-20-6-21-39-54)62(76-65)48-75-67(49-28-10-1-11-29-49,50-30-12-2-13-31-50)51-32-14-3-15-33-51/h1-47,62-65H,48H2/t62?,63-,64-,65-/m1/s1. The number of fused-ring (bicyclic) bond motifs is 1. The van der Waals surface area contributed by atoms with Gasteiger partial charge in [0.2, 0.25) is 5.28 Å². The average Bonchev–Trinajstić information content (AvgIpc) is 4.10. The summed E-state index contributed by atoms with van der Waals surface area (Å²) in [4.78, 5) is 4.91. The molecule has 9 heteroatoms. The van der Waals surface area contributed by atoms with E-state index >= 15 is 0 Å². The number of halogens is 3. The topological polar surface area (TPSA) is 54.7 Å². The number of hydrogen-bond acceptors (Lipinski definition) is 5. The third kappa shape index (κ3) is 9.33. The molecule has 1 aliphatic heterocycles. The lowest BCUT2D eigenvalue weighted by Crippen LogP contribution is -2.50. The van der Waals surface area contributed by atoms with E-state index in [0.29, 0.717) is 21.1 Å². The highest BCUT2D eigenvalue weighted by atomic mass is 35.5. The maximum atomic E-state index is 8.39. The first kappa shape index (κ1) is 51.2. The van der Waals surface area contributed by atoms with Crippen molar-refractivity contribution in [3.63, 3.8) is 0 Å². The molecule has 1 unspecified atom stereocenters. The van der Waals surface area contributed by atoms with Gasteiger partial charge in [0, 0.05) is 0 Å². The molecule has 0 saturated carbocycles. The van der Waals surface area contributed by atoms with Crippen LogP contribution < -0.4 is 0 Å². The van der Waals surface area contributed by atoms with Crippen molar-refractivity contribution >= 4 is 45.8 Å². The SMILES string of the molecule is Clc1cc2nc(Cl)n([C@@H]3OC(COC(c4ccccc4)(c4ccccc4)c4ccccc4)[C@@H](OC(c4ccccc4)(c4ccccc4)c4ccccc4)[C@H]3OC(c3ccccc3)(c3ccccc3)c3ccccc3)c2cc1Cl. The fourth-order valence-electron chi connectivity index (χ4n) is 11.5. The number of hydrogen-bond donors (Lipinski definition) is 0. The Labute approximate surface area is 470 Å². The first-order valence-corrected chi connectivity index (χ1v) is 27.2. The molecular weight excluding hydrogens is 1030 g/mol. The number of aromatic nitrogens is 2. The summed E-state index contributed by atoms with van der Waals surface area (Å²) in [7, 11) is 0. The van der Waals surface area contributed by atoms with Crippen molar-refractivity contribution < 1.29 is 18.9 Å². The van der Waals surface area contributed by atoms with Gasteiger partial charge in [0.1, 0.15) is 35.1 Å². The molecule has 0 radical (unpaired) electrons. The van der Waals surface area contributed by atoms with Gasteiger partial charge in [-0.05, 0) is 73.8 Å². The van der Waals surface area contributed by atoms with Crippen molar-refractivity contribution in [1.82, 2.24) is 9.55 Å². The lowest BCUT2D eigenvalue weighted by Gasteiger charge is -2.44. The summed E-state index contributed by atoms with van der Waals surface area (Å²) in [5.74, 6) is 0. The van der Waals surface area contributed by atoms with E-state index in [1.54, 1.807) is 12.1 Å². The lowest BCUT2D eigenvalue weighted by atomic mass is 9.79. The summed E-state index contributed by atoms with van der Waals surface area (Å²) >= 11 is 21.2. The van der Waals surface area contributed by atoms with Crippen molar-refractivity contribution in [2.24, 2.45) is 0 Å². The van der Waals surface area contributed by atoms with Gasteiger partial charge in [-0.15, -0.1) is 0 Å². The van der Waals surface area contributed by atoms with Crippen molar-refractivity contribution in [2.45, 2.75) is 41.3 Å². The van der Waals surface area contributed by atoms with Crippen LogP contribution >= 0.6 is 34.8 Å². The summed E-state index contributed by atoms with van der Waals surface area (Å²) in [6.07, 6.45) is -3.96. The fourth-order valence-corrected chi connectivity index (χ4v) is 12.0. The zero-order valence-electron chi connectivity index (χ0n) is 42.3. The normalized spacial score (nSPS) is 16.8. The number of ether oxygens (including phenoxy) is 4. The Morgan fingerprint density at radius 1 is 0.372 bits per heavy atom. The number of imidazole rings is 1. The molecule has 10 aromatic carbocycles. The van der Waals surface area contributed by atoms with Crippen LogP contribution in [0, 0.1) is 0 Å². The monoisotopic (exact) mass is 1080 g/mol. The molecule has 384 valence electrons. The lowest BCUT2D eigenvalue weighted by molar-refractivity contribution is -0.158. The van der Waals surface area contributed by atoms with Crippen molar-refractivity contribution in [1.29, 1.82) is 0 Å². The van der Waals surface area contributed by atoms with Crippen LogP contribution in [0.25, 0.3) is 11.0 Å². The van der Waals surface area contributed by atoms with Gasteiger partial charge in [-0.3, -0.25) is 4.57 Å². The summed E-state index contributed by atoms with van der Waals surface area (Å²) in [5, 5.41) is 0.804. The van der Waals surface area contributed by atoms with E-state index in [2.05, 4.69) is 109 Å². The highest BCUT2D eigenvalue weighted by molar-refractivity contribution is 6.42. The Hall–Kier alpha value is -7.62. The summed E-state index contributed by atoms with van der Waals surface area (Å²) in [6.45, 7) is -0.0139. The molecular formula is C69H53Cl3N2O4. The van der Waals surface area contributed by atoms with E-state index in [4.69, 9.17) is 58.7 Å². The van der Waals surface area contributed by atoms with Crippen LogP contribution in [0.4, 0.5) is 0 Å². The number of benzene rings is 10. The zero-order chi connectivity index (χ0) is 52.9.